The lowest BCUT2D eigenvalue weighted by molar-refractivity contribution is -0.116. The molecule has 0 fully saturated rings. The smallest absolute Gasteiger partial charge is 0.297 e. The number of fused-ring (bicyclic) bond motifs is 4. The summed E-state index contributed by atoms with van der Waals surface area (Å²) in [5, 5.41) is 3.66. The summed E-state index contributed by atoms with van der Waals surface area (Å²) in [6.07, 6.45) is 4.70. The van der Waals surface area contributed by atoms with Crippen LogP contribution in [0.1, 0.15) is 17.5 Å². The minimum Gasteiger partial charge on any atom is -0.448 e. The van der Waals surface area contributed by atoms with Crippen LogP contribution in [0.5, 0.6) is 0 Å². The molecule has 0 spiro atoms. The van der Waals surface area contributed by atoms with Gasteiger partial charge >= 0.3 is 0 Å². The molecular formula is C21H17N3O3. The van der Waals surface area contributed by atoms with Gasteiger partial charge in [-0.1, -0.05) is 18.2 Å². The van der Waals surface area contributed by atoms with Crippen LogP contribution in [0.3, 0.4) is 0 Å². The van der Waals surface area contributed by atoms with Crippen LogP contribution in [0.25, 0.3) is 22.1 Å². The fourth-order valence-corrected chi connectivity index (χ4v) is 3.73. The molecule has 2 aromatic carbocycles. The van der Waals surface area contributed by atoms with Crippen molar-refractivity contribution >= 4 is 33.7 Å². The minimum atomic E-state index is -0.361. The van der Waals surface area contributed by atoms with Crippen molar-refractivity contribution in [1.82, 2.24) is 9.55 Å². The third-order valence-corrected chi connectivity index (χ3v) is 5.05. The Hall–Kier alpha value is -3.41. The largest absolute Gasteiger partial charge is 0.448 e. The summed E-state index contributed by atoms with van der Waals surface area (Å²) in [7, 11) is 0. The van der Waals surface area contributed by atoms with Crippen LogP contribution in [0.15, 0.2) is 58.0 Å². The molecule has 1 N–H and O–H groups in total. The minimum absolute atomic E-state index is 0.115. The van der Waals surface area contributed by atoms with Crippen molar-refractivity contribution in [2.45, 2.75) is 25.8 Å². The van der Waals surface area contributed by atoms with E-state index in [1.807, 2.05) is 30.3 Å². The zero-order valence-corrected chi connectivity index (χ0v) is 14.6. The van der Waals surface area contributed by atoms with E-state index in [0.717, 1.165) is 30.3 Å². The van der Waals surface area contributed by atoms with Crippen molar-refractivity contribution in [3.63, 3.8) is 0 Å². The van der Waals surface area contributed by atoms with E-state index >= 15 is 0 Å². The van der Waals surface area contributed by atoms with Crippen molar-refractivity contribution in [2.24, 2.45) is 0 Å². The lowest BCUT2D eigenvalue weighted by atomic mass is 10.1. The third kappa shape index (κ3) is 2.70. The number of amides is 1. The first-order valence-electron chi connectivity index (χ1n) is 8.97. The zero-order chi connectivity index (χ0) is 18.4. The number of nitrogens with one attached hydrogen (secondary N) is 1. The Morgan fingerprint density at radius 2 is 2.00 bits per heavy atom. The van der Waals surface area contributed by atoms with Gasteiger partial charge < -0.3 is 9.73 Å². The van der Waals surface area contributed by atoms with E-state index in [4.69, 9.17) is 4.42 Å². The van der Waals surface area contributed by atoms with E-state index in [9.17, 15) is 9.59 Å². The monoisotopic (exact) mass is 359 g/mol. The maximum atomic E-state index is 12.7. The van der Waals surface area contributed by atoms with E-state index in [-0.39, 0.29) is 23.6 Å². The first-order chi connectivity index (χ1) is 13.2. The maximum Gasteiger partial charge on any atom is 0.297 e. The number of furan rings is 1. The van der Waals surface area contributed by atoms with Crippen LogP contribution in [-0.4, -0.2) is 15.5 Å². The number of carbonyl (C=O) groups excluding carboxylic acids is 1. The number of hydrogen-bond acceptors (Lipinski definition) is 4. The van der Waals surface area contributed by atoms with E-state index < -0.39 is 0 Å². The average molecular weight is 359 g/mol. The molecule has 0 unspecified atom stereocenters. The first kappa shape index (κ1) is 15.8. The lowest BCUT2D eigenvalue weighted by Crippen LogP contribution is -2.27. The highest BCUT2D eigenvalue weighted by molar-refractivity contribution is 6.01. The molecule has 6 heteroatoms. The molecule has 4 aromatic rings. The molecular weight excluding hydrogens is 342 g/mol. The second-order valence-corrected chi connectivity index (χ2v) is 6.84. The average Bonchev–Trinajstić information content (AvgIpc) is 3.28. The van der Waals surface area contributed by atoms with Gasteiger partial charge in [0, 0.05) is 11.1 Å². The van der Waals surface area contributed by atoms with E-state index in [1.165, 1.54) is 22.0 Å². The number of aromatic nitrogens is 2. The van der Waals surface area contributed by atoms with Gasteiger partial charge in [0.05, 0.1) is 6.33 Å². The summed E-state index contributed by atoms with van der Waals surface area (Å²) >= 11 is 0. The molecule has 2 aromatic heterocycles. The predicted molar refractivity (Wildman–Crippen MR) is 103 cm³/mol. The zero-order valence-electron chi connectivity index (χ0n) is 14.6. The summed E-state index contributed by atoms with van der Waals surface area (Å²) < 4.78 is 6.92. The van der Waals surface area contributed by atoms with Gasteiger partial charge in [0.15, 0.2) is 0 Å². The number of hydrogen-bond donors (Lipinski definition) is 1. The number of benzene rings is 2. The molecule has 1 aliphatic rings. The van der Waals surface area contributed by atoms with Gasteiger partial charge in [0.2, 0.25) is 11.5 Å². The molecule has 0 bridgehead atoms. The Kier molecular flexibility index (Phi) is 3.57. The summed E-state index contributed by atoms with van der Waals surface area (Å²) in [6.45, 7) is -0.115. The molecule has 27 heavy (non-hydrogen) atoms. The normalized spacial score (nSPS) is 13.2. The molecule has 6 nitrogen and oxygen atoms in total. The summed E-state index contributed by atoms with van der Waals surface area (Å²) in [5.41, 5.74) is 4.33. The third-order valence-electron chi connectivity index (χ3n) is 5.05. The maximum absolute atomic E-state index is 12.7. The second kappa shape index (κ2) is 6.09. The summed E-state index contributed by atoms with van der Waals surface area (Å²) in [6, 6.07) is 13.4. The van der Waals surface area contributed by atoms with Gasteiger partial charge in [-0.2, -0.15) is 0 Å². The quantitative estimate of drug-likeness (QED) is 0.609. The molecule has 134 valence electrons. The Morgan fingerprint density at radius 1 is 1.15 bits per heavy atom. The van der Waals surface area contributed by atoms with Crippen LogP contribution in [-0.2, 0) is 24.2 Å². The number of rotatable bonds is 3. The second-order valence-electron chi connectivity index (χ2n) is 6.84. The van der Waals surface area contributed by atoms with Crippen molar-refractivity contribution < 1.29 is 9.21 Å². The Bertz CT molecular complexity index is 1250. The van der Waals surface area contributed by atoms with Crippen LogP contribution in [0.4, 0.5) is 5.69 Å². The van der Waals surface area contributed by atoms with Crippen LogP contribution >= 0.6 is 0 Å². The molecule has 0 radical (unpaired) electrons. The fraction of sp³-hybridized carbons (Fsp3) is 0.190. The lowest BCUT2D eigenvalue weighted by Gasteiger charge is -2.08. The fourth-order valence-electron chi connectivity index (χ4n) is 3.73. The summed E-state index contributed by atoms with van der Waals surface area (Å²) in [4.78, 5) is 29.4. The van der Waals surface area contributed by atoms with E-state index in [0.29, 0.717) is 11.1 Å². The molecule has 0 atom stereocenters. The Labute approximate surface area is 154 Å². The van der Waals surface area contributed by atoms with Crippen molar-refractivity contribution in [2.75, 3.05) is 5.32 Å². The van der Waals surface area contributed by atoms with Gasteiger partial charge in [-0.05, 0) is 54.7 Å². The van der Waals surface area contributed by atoms with Crippen molar-refractivity contribution in [3.05, 3.63) is 70.3 Å². The number of anilines is 1. The van der Waals surface area contributed by atoms with E-state index in [2.05, 4.69) is 16.4 Å². The highest BCUT2D eigenvalue weighted by atomic mass is 16.3. The van der Waals surface area contributed by atoms with E-state index in [1.54, 1.807) is 6.07 Å². The van der Waals surface area contributed by atoms with Gasteiger partial charge in [0.25, 0.3) is 5.56 Å². The standard InChI is InChI=1S/C21H17N3O3/c25-18(23-15-9-8-13-4-3-5-14(13)10-15)11-24-12-22-19-16-6-1-2-7-17(16)27-20(19)21(24)26/h1-2,6-10,12H,3-5,11H2,(H,23,25). The molecule has 0 saturated heterocycles. The van der Waals surface area contributed by atoms with Gasteiger partial charge in [-0.25, -0.2) is 4.98 Å². The van der Waals surface area contributed by atoms with Gasteiger partial charge in [0.1, 0.15) is 17.6 Å². The molecule has 0 saturated carbocycles. The topological polar surface area (TPSA) is 77.1 Å². The number of nitrogens with zero attached hydrogens (tertiary/aromatic N) is 2. The SMILES string of the molecule is O=C(Cn1cnc2c(oc3ccccc32)c1=O)Nc1ccc2c(c1)CCC2. The van der Waals surface area contributed by atoms with Crippen LogP contribution < -0.4 is 10.9 Å². The number of aryl methyl sites for hydroxylation is 2. The first-order valence-corrected chi connectivity index (χ1v) is 8.97. The molecule has 5 rings (SSSR count). The van der Waals surface area contributed by atoms with Gasteiger partial charge in [-0.15, -0.1) is 0 Å². The highest BCUT2D eigenvalue weighted by Gasteiger charge is 2.15. The molecule has 0 aliphatic heterocycles. The highest BCUT2D eigenvalue weighted by Crippen LogP contribution is 2.25. The Morgan fingerprint density at radius 3 is 2.93 bits per heavy atom. The predicted octanol–water partition coefficient (Wildman–Crippen LogP) is 3.27. The summed E-state index contributed by atoms with van der Waals surface area (Å²) in [5.74, 6) is -0.271. The van der Waals surface area contributed by atoms with Gasteiger partial charge in [-0.3, -0.25) is 14.2 Å². The number of para-hydroxylation sites is 1. The van der Waals surface area contributed by atoms with Crippen molar-refractivity contribution in [3.8, 4) is 0 Å². The molecule has 1 amide bonds. The van der Waals surface area contributed by atoms with Crippen LogP contribution in [0, 0.1) is 0 Å². The van der Waals surface area contributed by atoms with Crippen LogP contribution in [0.2, 0.25) is 0 Å². The molecule has 2 heterocycles. The van der Waals surface area contributed by atoms with Crippen molar-refractivity contribution in [1.29, 1.82) is 0 Å². The Balaban J connectivity index is 1.42. The number of carbonyl (C=O) groups is 1. The molecule has 1 aliphatic carbocycles.